The highest BCUT2D eigenvalue weighted by Gasteiger charge is 2.32. The second-order valence-corrected chi connectivity index (χ2v) is 10.9. The maximum atomic E-state index is 13.8. The molecule has 2 aliphatic rings. The van der Waals surface area contributed by atoms with Crippen LogP contribution in [-0.4, -0.2) is 50.2 Å². The fourth-order valence-electron chi connectivity index (χ4n) is 5.93. The molecule has 2 aliphatic carbocycles. The second kappa shape index (κ2) is 11.5. The zero-order chi connectivity index (χ0) is 25.8. The summed E-state index contributed by atoms with van der Waals surface area (Å²) in [5, 5.41) is 12.0. The van der Waals surface area contributed by atoms with E-state index in [2.05, 4.69) is 4.90 Å². The van der Waals surface area contributed by atoms with Gasteiger partial charge in [-0.05, 0) is 43.9 Å². The summed E-state index contributed by atoms with van der Waals surface area (Å²) in [4.78, 5) is 31.8. The minimum Gasteiger partial charge on any atom is -0.495 e. The molecule has 0 spiro atoms. The van der Waals surface area contributed by atoms with Crippen LogP contribution in [0.1, 0.15) is 64.2 Å². The first-order chi connectivity index (χ1) is 18.1. The van der Waals surface area contributed by atoms with Gasteiger partial charge in [0.25, 0.3) is 5.69 Å². The third-order valence-corrected chi connectivity index (χ3v) is 8.62. The number of amides is 1. The molecule has 0 unspecified atom stereocenters. The Bertz CT molecular complexity index is 1250. The predicted octanol–water partition coefficient (Wildman–Crippen LogP) is 6.53. The summed E-state index contributed by atoms with van der Waals surface area (Å²) in [6.07, 6.45) is 11.7. The molecule has 1 heterocycles. The summed E-state index contributed by atoms with van der Waals surface area (Å²) in [5.74, 6) is 1.13. The summed E-state index contributed by atoms with van der Waals surface area (Å²) in [6, 6.07) is 13.0. The van der Waals surface area contributed by atoms with Crippen molar-refractivity contribution in [1.29, 1.82) is 0 Å². The quantitative estimate of drug-likeness (QED) is 0.190. The molecule has 0 atom stereocenters. The van der Waals surface area contributed by atoms with E-state index in [-0.39, 0.29) is 17.3 Å². The number of imidazole rings is 1. The smallest absolute Gasteiger partial charge is 0.271 e. The average Bonchev–Trinajstić information content (AvgIpc) is 3.30. The van der Waals surface area contributed by atoms with E-state index in [1.165, 1.54) is 62.4 Å². The summed E-state index contributed by atoms with van der Waals surface area (Å²) >= 11 is 1.40. The number of non-ortho nitro benzene ring substituents is 1. The van der Waals surface area contributed by atoms with Crippen molar-refractivity contribution < 1.29 is 14.5 Å². The largest absolute Gasteiger partial charge is 0.495 e. The average molecular weight is 523 g/mol. The summed E-state index contributed by atoms with van der Waals surface area (Å²) < 4.78 is 7.56. The number of carbonyl (C=O) groups is 1. The van der Waals surface area contributed by atoms with Gasteiger partial charge in [0.2, 0.25) is 5.91 Å². The number of thioether (sulfide) groups is 1. The Hall–Kier alpha value is -3.07. The van der Waals surface area contributed by atoms with E-state index in [4.69, 9.17) is 9.72 Å². The minimum absolute atomic E-state index is 0.00873. The topological polar surface area (TPSA) is 90.5 Å². The molecule has 1 aromatic heterocycles. The molecule has 0 radical (unpaired) electrons. The molecule has 0 bridgehead atoms. The van der Waals surface area contributed by atoms with Gasteiger partial charge in [-0.15, -0.1) is 0 Å². The maximum absolute atomic E-state index is 13.8. The number of nitrogens with zero attached hydrogens (tertiary/aromatic N) is 4. The van der Waals surface area contributed by atoms with Gasteiger partial charge in [-0.1, -0.05) is 62.4 Å². The molecule has 0 aliphatic heterocycles. The lowest BCUT2D eigenvalue weighted by atomic mass is 9.88. The van der Waals surface area contributed by atoms with Gasteiger partial charge in [0.15, 0.2) is 5.16 Å². The van der Waals surface area contributed by atoms with E-state index in [0.717, 1.165) is 36.9 Å². The Kier molecular flexibility index (Phi) is 7.98. The first kappa shape index (κ1) is 25.6. The van der Waals surface area contributed by atoms with E-state index in [9.17, 15) is 14.9 Å². The van der Waals surface area contributed by atoms with Crippen LogP contribution in [0.25, 0.3) is 16.7 Å². The lowest BCUT2D eigenvalue weighted by molar-refractivity contribution is -0.384. The number of methoxy groups -OCH3 is 1. The molecular formula is C28H34N4O4S. The van der Waals surface area contributed by atoms with Crippen molar-refractivity contribution in [3.63, 3.8) is 0 Å². The van der Waals surface area contributed by atoms with Crippen LogP contribution in [0, 0.1) is 10.1 Å². The van der Waals surface area contributed by atoms with E-state index in [1.54, 1.807) is 13.2 Å². The number of ether oxygens (including phenoxy) is 1. The van der Waals surface area contributed by atoms with Gasteiger partial charge >= 0.3 is 0 Å². The van der Waals surface area contributed by atoms with Gasteiger partial charge in [0.05, 0.1) is 34.5 Å². The lowest BCUT2D eigenvalue weighted by Crippen LogP contribution is -2.49. The van der Waals surface area contributed by atoms with Gasteiger partial charge in [0, 0.05) is 24.2 Å². The number of nitro groups is 1. The molecule has 0 N–H and O–H groups in total. The van der Waals surface area contributed by atoms with Crippen molar-refractivity contribution >= 4 is 34.4 Å². The Morgan fingerprint density at radius 1 is 1.05 bits per heavy atom. The zero-order valence-electron chi connectivity index (χ0n) is 21.3. The Morgan fingerprint density at radius 3 is 2.32 bits per heavy atom. The number of hydrogen-bond acceptors (Lipinski definition) is 6. The molecule has 2 saturated carbocycles. The third kappa shape index (κ3) is 5.46. The standard InChI is InChI=1S/C28H34N4O4S/c1-36-26-15-9-8-14-25(26)31-24-17-16-22(32(34)35)18-23(24)29-28(31)37-19-27(33)30(20-10-4-2-5-11-20)21-12-6-3-7-13-21/h8-9,14-18,20-21H,2-7,10-13,19H2,1H3. The van der Waals surface area contributed by atoms with Crippen LogP contribution >= 0.6 is 11.8 Å². The van der Waals surface area contributed by atoms with Crippen LogP contribution in [0.2, 0.25) is 0 Å². The van der Waals surface area contributed by atoms with Crippen molar-refractivity contribution in [2.45, 2.75) is 81.4 Å². The molecule has 3 aromatic rings. The van der Waals surface area contributed by atoms with Crippen molar-refractivity contribution in [3.05, 3.63) is 52.6 Å². The predicted molar refractivity (Wildman–Crippen MR) is 146 cm³/mol. The molecule has 5 rings (SSSR count). The molecular weight excluding hydrogens is 488 g/mol. The fraction of sp³-hybridized carbons (Fsp3) is 0.500. The van der Waals surface area contributed by atoms with E-state index < -0.39 is 4.92 Å². The summed E-state index contributed by atoms with van der Waals surface area (Å²) in [6.45, 7) is 0. The first-order valence-corrected chi connectivity index (χ1v) is 14.3. The molecule has 9 heteroatoms. The molecule has 196 valence electrons. The van der Waals surface area contributed by atoms with E-state index in [1.807, 2.05) is 28.8 Å². The van der Waals surface area contributed by atoms with Crippen LogP contribution in [0.4, 0.5) is 5.69 Å². The SMILES string of the molecule is COc1ccccc1-n1c(SCC(=O)N(C2CCCCC2)C2CCCCC2)nc2cc([N+](=O)[O-])ccc21. The zero-order valence-corrected chi connectivity index (χ0v) is 22.1. The first-order valence-electron chi connectivity index (χ1n) is 13.3. The van der Waals surface area contributed by atoms with E-state index in [0.29, 0.717) is 28.5 Å². The van der Waals surface area contributed by atoms with Gasteiger partial charge in [0.1, 0.15) is 5.75 Å². The summed E-state index contributed by atoms with van der Waals surface area (Å²) in [7, 11) is 1.62. The van der Waals surface area contributed by atoms with Gasteiger partial charge in [-0.3, -0.25) is 19.5 Å². The van der Waals surface area contributed by atoms with Crippen molar-refractivity contribution in [1.82, 2.24) is 14.5 Å². The number of benzene rings is 2. The van der Waals surface area contributed by atoms with Gasteiger partial charge in [-0.25, -0.2) is 4.98 Å². The Labute approximate surface area is 221 Å². The van der Waals surface area contributed by atoms with Crippen molar-refractivity contribution in [2.75, 3.05) is 12.9 Å². The highest BCUT2D eigenvalue weighted by molar-refractivity contribution is 7.99. The highest BCUT2D eigenvalue weighted by Crippen LogP contribution is 2.35. The van der Waals surface area contributed by atoms with E-state index >= 15 is 0 Å². The van der Waals surface area contributed by atoms with Crippen LogP contribution in [0.5, 0.6) is 5.75 Å². The fourth-order valence-corrected chi connectivity index (χ4v) is 6.82. The summed E-state index contributed by atoms with van der Waals surface area (Å²) in [5.41, 5.74) is 2.03. The second-order valence-electron chi connectivity index (χ2n) is 10.0. The Morgan fingerprint density at radius 2 is 1.70 bits per heavy atom. The van der Waals surface area contributed by atoms with Crippen LogP contribution in [0.15, 0.2) is 47.6 Å². The number of carbonyl (C=O) groups excluding carboxylic acids is 1. The number of para-hydroxylation sites is 2. The van der Waals surface area contributed by atoms with Gasteiger partial charge in [-0.2, -0.15) is 0 Å². The molecule has 1 amide bonds. The normalized spacial score (nSPS) is 17.1. The van der Waals surface area contributed by atoms with Gasteiger partial charge < -0.3 is 9.64 Å². The molecule has 2 aromatic carbocycles. The Balaban J connectivity index is 1.47. The number of rotatable bonds is 8. The van der Waals surface area contributed by atoms with Crippen molar-refractivity contribution in [2.24, 2.45) is 0 Å². The third-order valence-electron chi connectivity index (χ3n) is 7.69. The molecule has 2 fully saturated rings. The number of fused-ring (bicyclic) bond motifs is 1. The number of aromatic nitrogens is 2. The van der Waals surface area contributed by atoms with Crippen LogP contribution < -0.4 is 4.74 Å². The lowest BCUT2D eigenvalue weighted by Gasteiger charge is -2.41. The monoisotopic (exact) mass is 522 g/mol. The highest BCUT2D eigenvalue weighted by atomic mass is 32.2. The van der Waals surface area contributed by atoms with Crippen molar-refractivity contribution in [3.8, 4) is 11.4 Å². The minimum atomic E-state index is -0.413. The van der Waals surface area contributed by atoms with Crippen LogP contribution in [-0.2, 0) is 4.79 Å². The number of hydrogen-bond donors (Lipinski definition) is 0. The maximum Gasteiger partial charge on any atom is 0.271 e. The molecule has 37 heavy (non-hydrogen) atoms. The molecule has 8 nitrogen and oxygen atoms in total. The number of nitro benzene ring substituents is 1. The van der Waals surface area contributed by atoms with Crippen LogP contribution in [0.3, 0.4) is 0 Å². The molecule has 0 saturated heterocycles.